The molecule has 2 aromatic carbocycles. The van der Waals surface area contributed by atoms with Crippen molar-refractivity contribution in [1.82, 2.24) is 0 Å². The number of nitro groups is 1. The van der Waals surface area contributed by atoms with E-state index in [1.165, 1.54) is 43.3 Å². The van der Waals surface area contributed by atoms with Gasteiger partial charge in [0.1, 0.15) is 6.54 Å². The number of nitro benzene ring substituents is 1. The zero-order chi connectivity index (χ0) is 23.2. The number of benzene rings is 2. The third-order valence-electron chi connectivity index (χ3n) is 4.20. The minimum absolute atomic E-state index is 0.0460. The van der Waals surface area contributed by atoms with Crippen molar-refractivity contribution in [3.8, 4) is 0 Å². The Morgan fingerprint density at radius 3 is 2.19 bits per heavy atom. The van der Waals surface area contributed by atoms with Gasteiger partial charge in [-0.15, -0.1) is 0 Å². The van der Waals surface area contributed by atoms with Crippen LogP contribution in [0.5, 0.6) is 0 Å². The van der Waals surface area contributed by atoms with Gasteiger partial charge in [0.25, 0.3) is 15.7 Å². The van der Waals surface area contributed by atoms with Crippen molar-refractivity contribution in [2.45, 2.75) is 25.7 Å². The highest BCUT2D eigenvalue weighted by molar-refractivity contribution is 7.93. The molecule has 11 heteroatoms. The molecule has 0 unspecified atom stereocenters. The van der Waals surface area contributed by atoms with Crippen LogP contribution < -0.4 is 4.31 Å². The monoisotopic (exact) mass is 450 g/mol. The summed E-state index contributed by atoms with van der Waals surface area (Å²) in [7, 11) is -4.39. The van der Waals surface area contributed by atoms with Crippen LogP contribution in [-0.4, -0.2) is 45.0 Å². The number of anilines is 1. The number of nitrogens with zero attached hydrogens (tertiary/aromatic N) is 2. The van der Waals surface area contributed by atoms with Gasteiger partial charge < -0.3 is 9.47 Å². The van der Waals surface area contributed by atoms with Gasteiger partial charge in [0.15, 0.2) is 0 Å². The summed E-state index contributed by atoms with van der Waals surface area (Å²) in [4.78, 5) is 34.1. The first-order valence-corrected chi connectivity index (χ1v) is 10.8. The van der Waals surface area contributed by atoms with Crippen LogP contribution in [0.1, 0.15) is 29.8 Å². The van der Waals surface area contributed by atoms with E-state index < -0.39 is 39.1 Å². The molecule has 0 amide bonds. The summed E-state index contributed by atoms with van der Waals surface area (Å²) in [5, 5.41) is 11.1. The van der Waals surface area contributed by atoms with Gasteiger partial charge >= 0.3 is 11.9 Å². The lowest BCUT2D eigenvalue weighted by atomic mass is 10.2. The zero-order valence-corrected chi connectivity index (χ0v) is 18.0. The molecule has 0 aliphatic heterocycles. The van der Waals surface area contributed by atoms with Gasteiger partial charge in [-0.05, 0) is 50.6 Å². The third kappa shape index (κ3) is 5.57. The minimum Gasteiger partial charge on any atom is -0.465 e. The van der Waals surface area contributed by atoms with Gasteiger partial charge in [-0.25, -0.2) is 13.2 Å². The van der Waals surface area contributed by atoms with Crippen molar-refractivity contribution in [1.29, 1.82) is 0 Å². The topological polar surface area (TPSA) is 133 Å². The lowest BCUT2D eigenvalue weighted by molar-refractivity contribution is -0.385. The molecular weight excluding hydrogens is 428 g/mol. The van der Waals surface area contributed by atoms with Crippen LogP contribution in [0, 0.1) is 17.0 Å². The number of carbonyl (C=O) groups excluding carboxylic acids is 2. The summed E-state index contributed by atoms with van der Waals surface area (Å²) in [6.45, 7) is 4.29. The highest BCUT2D eigenvalue weighted by Gasteiger charge is 2.30. The maximum atomic E-state index is 13.4. The Labute approximate surface area is 179 Å². The molecule has 31 heavy (non-hydrogen) atoms. The van der Waals surface area contributed by atoms with E-state index in [1.54, 1.807) is 13.8 Å². The number of rotatable bonds is 9. The van der Waals surface area contributed by atoms with Crippen LogP contribution in [0.4, 0.5) is 11.4 Å². The van der Waals surface area contributed by atoms with Crippen molar-refractivity contribution in [3.63, 3.8) is 0 Å². The number of aryl methyl sites for hydroxylation is 1. The molecule has 0 heterocycles. The predicted molar refractivity (Wildman–Crippen MR) is 111 cm³/mol. The number of esters is 2. The number of sulfonamides is 1. The van der Waals surface area contributed by atoms with E-state index in [-0.39, 0.29) is 34.9 Å². The maximum absolute atomic E-state index is 13.4. The Balaban J connectivity index is 2.56. The van der Waals surface area contributed by atoms with Crippen LogP contribution in [0.3, 0.4) is 0 Å². The first-order chi connectivity index (χ1) is 14.6. The van der Waals surface area contributed by atoms with Crippen molar-refractivity contribution >= 4 is 33.3 Å². The van der Waals surface area contributed by atoms with E-state index >= 15 is 0 Å². The number of non-ortho nitro benzene ring substituents is 1. The zero-order valence-electron chi connectivity index (χ0n) is 17.2. The van der Waals surface area contributed by atoms with Crippen LogP contribution in [0.2, 0.25) is 0 Å². The minimum atomic E-state index is -4.39. The van der Waals surface area contributed by atoms with E-state index in [9.17, 15) is 28.1 Å². The molecule has 2 aromatic rings. The van der Waals surface area contributed by atoms with Gasteiger partial charge in [-0.1, -0.05) is 6.07 Å². The molecule has 2 rings (SSSR count). The summed E-state index contributed by atoms with van der Waals surface area (Å²) >= 11 is 0. The molecule has 0 fully saturated rings. The Bertz CT molecular complexity index is 1080. The molecule has 0 aliphatic carbocycles. The summed E-state index contributed by atoms with van der Waals surface area (Å²) in [6, 6.07) is 8.86. The average Bonchev–Trinajstić information content (AvgIpc) is 2.72. The smallest absolute Gasteiger partial charge is 0.338 e. The van der Waals surface area contributed by atoms with Crippen molar-refractivity contribution < 1.29 is 32.4 Å². The summed E-state index contributed by atoms with van der Waals surface area (Å²) in [5.41, 5.74) is 0.137. The Kier molecular flexibility index (Phi) is 7.70. The van der Waals surface area contributed by atoms with Gasteiger partial charge in [0, 0.05) is 12.1 Å². The lowest BCUT2D eigenvalue weighted by Gasteiger charge is -2.24. The normalized spacial score (nSPS) is 10.9. The molecule has 0 saturated carbocycles. The first-order valence-electron chi connectivity index (χ1n) is 9.32. The molecule has 0 aliphatic rings. The Morgan fingerprint density at radius 1 is 1.03 bits per heavy atom. The van der Waals surface area contributed by atoms with E-state index in [0.717, 1.165) is 10.4 Å². The second kappa shape index (κ2) is 10.0. The van der Waals surface area contributed by atoms with E-state index in [1.807, 2.05) is 0 Å². The number of hydrogen-bond donors (Lipinski definition) is 0. The van der Waals surface area contributed by atoms with Crippen LogP contribution >= 0.6 is 0 Å². The second-order valence-corrected chi connectivity index (χ2v) is 8.12. The molecule has 0 radical (unpaired) electrons. The standard InChI is InChI=1S/C20H22N2O8S/c1-4-29-19(23)13-21(16-10-7-15(8-11-16)20(24)30-5-2)31(27,28)18-12-17(22(25)26)9-6-14(18)3/h6-12H,4-5,13H2,1-3H3. The SMILES string of the molecule is CCOC(=O)CN(c1ccc(C(=O)OCC)cc1)S(=O)(=O)c1cc([N+](=O)[O-])ccc1C. The van der Waals surface area contributed by atoms with Gasteiger partial charge in [-0.2, -0.15) is 0 Å². The molecule has 0 spiro atoms. The highest BCUT2D eigenvalue weighted by Crippen LogP contribution is 2.29. The highest BCUT2D eigenvalue weighted by atomic mass is 32.2. The second-order valence-electron chi connectivity index (χ2n) is 6.29. The first kappa shape index (κ1) is 23.8. The average molecular weight is 450 g/mol. The van der Waals surface area contributed by atoms with Crippen molar-refractivity contribution in [2.75, 3.05) is 24.1 Å². The van der Waals surface area contributed by atoms with Gasteiger partial charge in [0.05, 0.1) is 34.3 Å². The van der Waals surface area contributed by atoms with E-state index in [2.05, 4.69) is 0 Å². The molecule has 0 aromatic heterocycles. The molecule has 0 saturated heterocycles. The fourth-order valence-corrected chi connectivity index (χ4v) is 4.37. The third-order valence-corrected chi connectivity index (χ3v) is 6.11. The Hall–Kier alpha value is -3.47. The fraction of sp³-hybridized carbons (Fsp3) is 0.300. The molecule has 0 N–H and O–H groups in total. The van der Waals surface area contributed by atoms with Crippen LogP contribution in [-0.2, 0) is 24.3 Å². The molecule has 0 atom stereocenters. The molecule has 10 nitrogen and oxygen atoms in total. The van der Waals surface area contributed by atoms with E-state index in [0.29, 0.717) is 0 Å². The molecule has 0 bridgehead atoms. The van der Waals surface area contributed by atoms with Crippen LogP contribution in [0.25, 0.3) is 0 Å². The van der Waals surface area contributed by atoms with Gasteiger partial charge in [0.2, 0.25) is 0 Å². The molecule has 166 valence electrons. The lowest BCUT2D eigenvalue weighted by Crippen LogP contribution is -2.37. The predicted octanol–water partition coefficient (Wildman–Crippen LogP) is 2.84. The Morgan fingerprint density at radius 2 is 1.65 bits per heavy atom. The van der Waals surface area contributed by atoms with Crippen molar-refractivity contribution in [2.24, 2.45) is 0 Å². The van der Waals surface area contributed by atoms with Crippen molar-refractivity contribution in [3.05, 3.63) is 63.7 Å². The number of ether oxygens (including phenoxy) is 2. The quantitative estimate of drug-likeness (QED) is 0.323. The number of carbonyl (C=O) groups is 2. The van der Waals surface area contributed by atoms with Gasteiger partial charge in [-0.3, -0.25) is 19.2 Å². The number of hydrogen-bond acceptors (Lipinski definition) is 8. The fourth-order valence-electron chi connectivity index (χ4n) is 2.72. The summed E-state index contributed by atoms with van der Waals surface area (Å²) in [6.07, 6.45) is 0. The van der Waals surface area contributed by atoms with E-state index in [4.69, 9.17) is 9.47 Å². The summed E-state index contributed by atoms with van der Waals surface area (Å²) < 4.78 is 37.4. The largest absolute Gasteiger partial charge is 0.465 e. The summed E-state index contributed by atoms with van der Waals surface area (Å²) in [5.74, 6) is -1.38. The molecular formula is C20H22N2O8S. The maximum Gasteiger partial charge on any atom is 0.338 e. The van der Waals surface area contributed by atoms with Crippen LogP contribution in [0.15, 0.2) is 47.4 Å².